The molecule has 1 aliphatic rings. The third kappa shape index (κ3) is 6.90. The molecular weight excluding hydrogens is 438 g/mol. The number of hydrogen-bond acceptors (Lipinski definition) is 5. The zero-order valence-corrected chi connectivity index (χ0v) is 17.3. The molecule has 152 valence electrons. The van der Waals surface area contributed by atoms with Gasteiger partial charge in [-0.3, -0.25) is 4.79 Å². The van der Waals surface area contributed by atoms with Crippen molar-refractivity contribution >= 4 is 32.6 Å². The Bertz CT molecular complexity index is 846. The maximum Gasteiger partial charge on any atom is 0.408 e. The quantitative estimate of drug-likeness (QED) is 0.634. The molecule has 0 aliphatic carbocycles. The van der Waals surface area contributed by atoms with Crippen LogP contribution in [0.1, 0.15) is 17.5 Å². The molecule has 1 heterocycles. The molecule has 0 saturated heterocycles. The monoisotopic (exact) mass is 459 g/mol. The number of hydrogen-bond donors (Lipinski definition) is 2. The van der Waals surface area contributed by atoms with Gasteiger partial charge in [-0.2, -0.15) is 0 Å². The van der Waals surface area contributed by atoms with Gasteiger partial charge in [-0.05, 0) is 27.1 Å². The fourth-order valence-electron chi connectivity index (χ4n) is 2.81. The Kier molecular flexibility index (Phi) is 7.63. The highest BCUT2D eigenvalue weighted by Crippen LogP contribution is 2.13. The molecule has 2 atom stereocenters. The summed E-state index contributed by atoms with van der Waals surface area (Å²) in [5.74, 6) is -0.308. The highest BCUT2D eigenvalue weighted by atomic mass is 79.9. The number of halogens is 1. The molecule has 2 unspecified atom stereocenters. The van der Waals surface area contributed by atoms with Crippen molar-refractivity contribution in [2.45, 2.75) is 31.6 Å². The van der Waals surface area contributed by atoms with Crippen LogP contribution in [0.4, 0.5) is 4.79 Å². The maximum absolute atomic E-state index is 12.7. The second-order valence-corrected chi connectivity index (χ2v) is 7.51. The molecule has 0 aromatic heterocycles. The summed E-state index contributed by atoms with van der Waals surface area (Å²) in [4.78, 5) is 30.2. The summed E-state index contributed by atoms with van der Waals surface area (Å²) in [5, 5.41) is 9.29. The molecule has 2 aromatic rings. The summed E-state index contributed by atoms with van der Waals surface area (Å²) in [6.45, 7) is 0.428. The molecule has 7 nitrogen and oxygen atoms in total. The minimum Gasteiger partial charge on any atom is -0.445 e. The first kappa shape index (κ1) is 20.9. The van der Waals surface area contributed by atoms with Crippen molar-refractivity contribution in [2.75, 3.05) is 6.54 Å². The van der Waals surface area contributed by atoms with Crippen molar-refractivity contribution in [3.8, 4) is 0 Å². The summed E-state index contributed by atoms with van der Waals surface area (Å²) in [5.41, 5.74) is 1.80. The Morgan fingerprint density at radius 3 is 2.38 bits per heavy atom. The van der Waals surface area contributed by atoms with Crippen LogP contribution in [0.15, 0.2) is 65.8 Å². The Morgan fingerprint density at radius 2 is 1.76 bits per heavy atom. The first-order valence-electron chi connectivity index (χ1n) is 9.27. The lowest BCUT2D eigenvalue weighted by atomic mass is 10.1. The summed E-state index contributed by atoms with van der Waals surface area (Å²) in [6.07, 6.45) is 0.0681. The van der Waals surface area contributed by atoms with Gasteiger partial charge < -0.3 is 20.2 Å². The first-order valence-corrected chi connectivity index (χ1v) is 10.1. The number of ether oxygens (including phenoxy) is 1. The van der Waals surface area contributed by atoms with E-state index in [0.717, 1.165) is 11.1 Å². The van der Waals surface area contributed by atoms with Crippen molar-refractivity contribution in [1.82, 2.24) is 10.6 Å². The van der Waals surface area contributed by atoms with Gasteiger partial charge in [-0.15, -0.1) is 0 Å². The summed E-state index contributed by atoms with van der Waals surface area (Å²) < 4.78 is 5.97. The van der Waals surface area contributed by atoms with E-state index in [1.165, 1.54) is 0 Å². The van der Waals surface area contributed by atoms with E-state index in [1.807, 2.05) is 60.7 Å². The number of oxime groups is 1. The van der Waals surface area contributed by atoms with Crippen LogP contribution in [0, 0.1) is 0 Å². The second-order valence-electron chi connectivity index (χ2n) is 6.59. The molecule has 0 bridgehead atoms. The minimum absolute atomic E-state index is 0.133. The summed E-state index contributed by atoms with van der Waals surface area (Å²) >= 11 is 3.27. The van der Waals surface area contributed by atoms with Crippen LogP contribution in [0.2, 0.25) is 0 Å². The lowest BCUT2D eigenvalue weighted by Crippen LogP contribution is -2.49. The average molecular weight is 460 g/mol. The molecule has 0 saturated carbocycles. The number of amides is 2. The summed E-state index contributed by atoms with van der Waals surface area (Å²) in [6, 6.07) is 18.1. The molecule has 29 heavy (non-hydrogen) atoms. The standard InChI is InChI=1S/C21H22BrN3O4/c22-19-12-17(29-25-19)13-23-20(26)18(11-15-7-3-1-4-8-15)24-21(27)28-14-16-9-5-2-6-10-16/h1-10,17-18H,11-14H2,(H,23,26)(H,24,27). The van der Waals surface area contributed by atoms with E-state index in [1.54, 1.807) is 0 Å². The van der Waals surface area contributed by atoms with Crippen molar-refractivity contribution < 1.29 is 19.2 Å². The first-order chi connectivity index (χ1) is 14.1. The van der Waals surface area contributed by atoms with Crippen molar-refractivity contribution in [3.05, 3.63) is 71.8 Å². The third-order valence-corrected chi connectivity index (χ3v) is 4.77. The van der Waals surface area contributed by atoms with Crippen LogP contribution >= 0.6 is 15.9 Å². The molecule has 2 amide bonds. The predicted molar refractivity (Wildman–Crippen MR) is 113 cm³/mol. The van der Waals surface area contributed by atoms with Gasteiger partial charge in [0.1, 0.15) is 17.3 Å². The van der Waals surface area contributed by atoms with E-state index in [0.29, 0.717) is 24.0 Å². The van der Waals surface area contributed by atoms with E-state index in [-0.39, 0.29) is 18.6 Å². The zero-order valence-electron chi connectivity index (χ0n) is 15.7. The minimum atomic E-state index is -0.772. The zero-order chi connectivity index (χ0) is 20.5. The Labute approximate surface area is 177 Å². The molecule has 1 aliphatic heterocycles. The Hall–Kier alpha value is -2.87. The van der Waals surface area contributed by atoms with Gasteiger partial charge in [0.15, 0.2) is 6.10 Å². The molecule has 2 aromatic carbocycles. The number of alkyl carbamates (subject to hydrolysis) is 1. The fraction of sp³-hybridized carbons (Fsp3) is 0.286. The SMILES string of the molecule is O=C(NC(Cc1ccccc1)C(=O)NCC1CC(Br)=NO1)OCc1ccccc1. The largest absolute Gasteiger partial charge is 0.445 e. The third-order valence-electron chi connectivity index (χ3n) is 4.30. The number of rotatable bonds is 8. The maximum atomic E-state index is 12.7. The van der Waals surface area contributed by atoms with Crippen LogP contribution < -0.4 is 10.6 Å². The molecule has 8 heteroatoms. The molecule has 0 fully saturated rings. The molecule has 0 spiro atoms. The van der Waals surface area contributed by atoms with E-state index in [2.05, 4.69) is 31.7 Å². The lowest BCUT2D eigenvalue weighted by Gasteiger charge is -2.19. The van der Waals surface area contributed by atoms with Gasteiger partial charge in [0.05, 0.1) is 6.54 Å². The van der Waals surface area contributed by atoms with Gasteiger partial charge in [0, 0.05) is 12.8 Å². The van der Waals surface area contributed by atoms with Gasteiger partial charge in [0.2, 0.25) is 5.91 Å². The van der Waals surface area contributed by atoms with Gasteiger partial charge in [-0.1, -0.05) is 65.8 Å². The van der Waals surface area contributed by atoms with Crippen molar-refractivity contribution in [3.63, 3.8) is 0 Å². The van der Waals surface area contributed by atoms with Gasteiger partial charge in [-0.25, -0.2) is 4.79 Å². The van der Waals surface area contributed by atoms with Crippen molar-refractivity contribution in [2.24, 2.45) is 5.16 Å². The van der Waals surface area contributed by atoms with Crippen LogP contribution in [0.3, 0.4) is 0 Å². The second kappa shape index (κ2) is 10.6. The molecule has 2 N–H and O–H groups in total. The number of benzene rings is 2. The van der Waals surface area contributed by atoms with Gasteiger partial charge in [0.25, 0.3) is 0 Å². The van der Waals surface area contributed by atoms with Gasteiger partial charge >= 0.3 is 6.09 Å². The Balaban J connectivity index is 1.56. The van der Waals surface area contributed by atoms with Crippen LogP contribution in [0.25, 0.3) is 0 Å². The number of nitrogens with one attached hydrogen (secondary N) is 2. The highest BCUT2D eigenvalue weighted by Gasteiger charge is 2.25. The smallest absolute Gasteiger partial charge is 0.408 e. The molecule has 0 radical (unpaired) electrons. The summed E-state index contributed by atoms with van der Waals surface area (Å²) in [7, 11) is 0. The van der Waals surface area contributed by atoms with Crippen molar-refractivity contribution in [1.29, 1.82) is 0 Å². The van der Waals surface area contributed by atoms with E-state index in [9.17, 15) is 9.59 Å². The molecule has 3 rings (SSSR count). The van der Waals surface area contributed by atoms with Crippen LogP contribution in [-0.4, -0.2) is 35.3 Å². The normalized spacial score (nSPS) is 16.3. The van der Waals surface area contributed by atoms with E-state index < -0.39 is 12.1 Å². The fourth-order valence-corrected chi connectivity index (χ4v) is 3.25. The molecular formula is C21H22BrN3O4. The highest BCUT2D eigenvalue weighted by molar-refractivity contribution is 9.18. The number of carbonyl (C=O) groups is 2. The topological polar surface area (TPSA) is 89.0 Å². The predicted octanol–water partition coefficient (Wildman–Crippen LogP) is 3.14. The Morgan fingerprint density at radius 1 is 1.10 bits per heavy atom. The van der Waals surface area contributed by atoms with Crippen LogP contribution in [-0.2, 0) is 27.4 Å². The average Bonchev–Trinajstić information content (AvgIpc) is 3.17. The van der Waals surface area contributed by atoms with E-state index in [4.69, 9.17) is 9.57 Å². The number of carbonyl (C=O) groups excluding carboxylic acids is 2. The lowest BCUT2D eigenvalue weighted by molar-refractivity contribution is -0.123. The number of nitrogens with zero attached hydrogens (tertiary/aromatic N) is 1. The van der Waals surface area contributed by atoms with E-state index >= 15 is 0 Å². The van der Waals surface area contributed by atoms with Crippen LogP contribution in [0.5, 0.6) is 0 Å².